The molecule has 5 heteroatoms. The number of aryl methyl sites for hydroxylation is 1. The average molecular weight is 267 g/mol. The van der Waals surface area contributed by atoms with Crippen LogP contribution in [0.3, 0.4) is 0 Å². The van der Waals surface area contributed by atoms with E-state index >= 15 is 0 Å². The monoisotopic (exact) mass is 267 g/mol. The minimum atomic E-state index is 0.146. The number of rotatable bonds is 5. The highest BCUT2D eigenvalue weighted by Gasteiger charge is 2.26. The maximum absolute atomic E-state index is 5.97. The van der Waals surface area contributed by atoms with Crippen LogP contribution in [-0.4, -0.2) is 40.7 Å². The van der Waals surface area contributed by atoms with Crippen LogP contribution in [0.5, 0.6) is 5.75 Å². The second kappa shape index (κ2) is 5.92. The van der Waals surface area contributed by atoms with Crippen molar-refractivity contribution >= 4 is 0 Å². The molecule has 2 rings (SSSR count). The zero-order chi connectivity index (χ0) is 13.9. The van der Waals surface area contributed by atoms with E-state index in [2.05, 4.69) is 31.2 Å². The average Bonchev–Trinajstić information content (AvgIpc) is 2.92. The van der Waals surface area contributed by atoms with E-state index in [1.54, 1.807) is 10.9 Å². The molecule has 2 atom stereocenters. The Kier molecular flexibility index (Phi) is 4.47. The molecular formula is C14H25N3O2. The maximum Gasteiger partial charge on any atom is 0.157 e. The Bertz CT molecular complexity index is 398. The van der Waals surface area contributed by atoms with Gasteiger partial charge >= 0.3 is 0 Å². The normalized spacial score (nSPS) is 23.8. The third kappa shape index (κ3) is 4.84. The summed E-state index contributed by atoms with van der Waals surface area (Å²) in [6.07, 6.45) is 6.27. The molecule has 1 aliphatic rings. The van der Waals surface area contributed by atoms with Gasteiger partial charge in [-0.05, 0) is 33.6 Å². The van der Waals surface area contributed by atoms with Crippen LogP contribution in [0.1, 0.15) is 33.6 Å². The second-order valence-electron chi connectivity index (χ2n) is 6.25. The minimum Gasteiger partial charge on any atom is -0.488 e. The van der Waals surface area contributed by atoms with E-state index < -0.39 is 0 Å². The van der Waals surface area contributed by atoms with Gasteiger partial charge in [-0.25, -0.2) is 0 Å². The summed E-state index contributed by atoms with van der Waals surface area (Å²) in [6, 6.07) is 0. The molecule has 1 saturated heterocycles. The van der Waals surface area contributed by atoms with Gasteiger partial charge in [0.05, 0.1) is 24.6 Å². The number of hydrogen-bond donors (Lipinski definition) is 1. The third-order valence-corrected chi connectivity index (χ3v) is 3.17. The topological polar surface area (TPSA) is 48.3 Å². The quantitative estimate of drug-likeness (QED) is 0.882. The maximum atomic E-state index is 5.97. The largest absolute Gasteiger partial charge is 0.488 e. The van der Waals surface area contributed by atoms with Crippen molar-refractivity contribution in [2.24, 2.45) is 7.05 Å². The van der Waals surface area contributed by atoms with Crippen LogP contribution in [0.15, 0.2) is 12.4 Å². The van der Waals surface area contributed by atoms with Gasteiger partial charge in [-0.3, -0.25) is 4.68 Å². The van der Waals surface area contributed by atoms with Gasteiger partial charge in [0.15, 0.2) is 5.75 Å². The van der Waals surface area contributed by atoms with Crippen LogP contribution in [0, 0.1) is 0 Å². The van der Waals surface area contributed by atoms with Gasteiger partial charge in [0.25, 0.3) is 0 Å². The van der Waals surface area contributed by atoms with Crippen LogP contribution in [0.4, 0.5) is 0 Å². The van der Waals surface area contributed by atoms with Crippen LogP contribution >= 0.6 is 0 Å². The fourth-order valence-corrected chi connectivity index (χ4v) is 2.14. The van der Waals surface area contributed by atoms with Gasteiger partial charge in [-0.15, -0.1) is 0 Å². The predicted octanol–water partition coefficient (Wildman–Crippen LogP) is 1.73. The summed E-state index contributed by atoms with van der Waals surface area (Å²) in [5.41, 5.74) is 0.146. The third-order valence-electron chi connectivity index (χ3n) is 3.17. The van der Waals surface area contributed by atoms with E-state index in [1.807, 2.05) is 13.2 Å². The van der Waals surface area contributed by atoms with Crippen molar-refractivity contribution in [3.8, 4) is 5.75 Å². The van der Waals surface area contributed by atoms with Crippen molar-refractivity contribution in [1.82, 2.24) is 15.1 Å². The van der Waals surface area contributed by atoms with Crippen molar-refractivity contribution in [3.63, 3.8) is 0 Å². The summed E-state index contributed by atoms with van der Waals surface area (Å²) in [5, 5.41) is 7.56. The van der Waals surface area contributed by atoms with Gasteiger partial charge in [-0.2, -0.15) is 5.10 Å². The lowest BCUT2D eigenvalue weighted by atomic mass is 10.1. The van der Waals surface area contributed by atoms with Crippen LogP contribution in [-0.2, 0) is 11.8 Å². The lowest BCUT2D eigenvalue weighted by molar-refractivity contribution is 0.0162. The summed E-state index contributed by atoms with van der Waals surface area (Å²) in [6.45, 7) is 8.03. The van der Waals surface area contributed by atoms with E-state index in [4.69, 9.17) is 9.47 Å². The van der Waals surface area contributed by atoms with Crippen LogP contribution in [0.2, 0.25) is 0 Å². The van der Waals surface area contributed by atoms with Gasteiger partial charge in [0, 0.05) is 19.1 Å². The summed E-state index contributed by atoms with van der Waals surface area (Å²) in [4.78, 5) is 0. The Morgan fingerprint density at radius 2 is 2.16 bits per heavy atom. The molecule has 0 aromatic carbocycles. The molecule has 108 valence electrons. The summed E-state index contributed by atoms with van der Waals surface area (Å²) < 4.78 is 13.4. The zero-order valence-corrected chi connectivity index (χ0v) is 12.3. The van der Waals surface area contributed by atoms with Crippen molar-refractivity contribution in [1.29, 1.82) is 0 Å². The molecule has 1 fully saturated rings. The first-order valence-corrected chi connectivity index (χ1v) is 6.94. The fourth-order valence-electron chi connectivity index (χ4n) is 2.14. The Morgan fingerprint density at radius 3 is 2.79 bits per heavy atom. The first kappa shape index (κ1) is 14.3. The van der Waals surface area contributed by atoms with E-state index in [0.717, 1.165) is 25.1 Å². The zero-order valence-electron chi connectivity index (χ0n) is 12.3. The van der Waals surface area contributed by atoms with E-state index in [9.17, 15) is 0 Å². The highest BCUT2D eigenvalue weighted by atomic mass is 16.5. The molecule has 0 spiro atoms. The molecule has 0 aliphatic carbocycles. The van der Waals surface area contributed by atoms with Gasteiger partial charge in [-0.1, -0.05) is 0 Å². The highest BCUT2D eigenvalue weighted by Crippen LogP contribution is 2.21. The molecule has 1 aromatic heterocycles. The molecule has 1 N–H and O–H groups in total. The van der Waals surface area contributed by atoms with Crippen molar-refractivity contribution in [3.05, 3.63) is 12.4 Å². The summed E-state index contributed by atoms with van der Waals surface area (Å²) >= 11 is 0. The fraction of sp³-hybridized carbons (Fsp3) is 0.786. The number of nitrogens with one attached hydrogen (secondary N) is 1. The number of aromatic nitrogens is 2. The molecule has 0 bridgehead atoms. The minimum absolute atomic E-state index is 0.146. The smallest absolute Gasteiger partial charge is 0.157 e. The van der Waals surface area contributed by atoms with Crippen LogP contribution in [0.25, 0.3) is 0 Å². The standard InChI is InChI=1S/C14H25N3O2/c1-14(2,3)15-7-11-5-6-12(19-11)10-18-13-8-16-17(4)9-13/h8-9,11-12,15H,5-7,10H2,1-4H3. The molecule has 0 radical (unpaired) electrons. The Balaban J connectivity index is 1.67. The predicted molar refractivity (Wildman–Crippen MR) is 74.4 cm³/mol. The number of hydrogen-bond acceptors (Lipinski definition) is 4. The van der Waals surface area contributed by atoms with E-state index in [0.29, 0.717) is 12.7 Å². The molecule has 1 aromatic rings. The van der Waals surface area contributed by atoms with Crippen molar-refractivity contribution < 1.29 is 9.47 Å². The van der Waals surface area contributed by atoms with E-state index in [1.165, 1.54) is 0 Å². The lowest BCUT2D eigenvalue weighted by Crippen LogP contribution is -2.41. The SMILES string of the molecule is Cn1cc(OCC2CCC(CNC(C)(C)C)O2)cn1. The van der Waals surface area contributed by atoms with E-state index in [-0.39, 0.29) is 11.6 Å². The van der Waals surface area contributed by atoms with Gasteiger partial charge in [0.1, 0.15) is 6.61 Å². The Morgan fingerprint density at radius 1 is 1.42 bits per heavy atom. The summed E-state index contributed by atoms with van der Waals surface area (Å²) in [5.74, 6) is 0.808. The Hall–Kier alpha value is -1.07. The Labute approximate surface area is 115 Å². The molecule has 1 aliphatic heterocycles. The first-order valence-electron chi connectivity index (χ1n) is 6.94. The van der Waals surface area contributed by atoms with Crippen LogP contribution < -0.4 is 10.1 Å². The second-order valence-corrected chi connectivity index (χ2v) is 6.25. The molecule has 5 nitrogen and oxygen atoms in total. The molecule has 19 heavy (non-hydrogen) atoms. The van der Waals surface area contributed by atoms with Gasteiger partial charge in [0.2, 0.25) is 0 Å². The molecule has 0 amide bonds. The lowest BCUT2D eigenvalue weighted by Gasteiger charge is -2.23. The van der Waals surface area contributed by atoms with Crippen molar-refractivity contribution in [2.75, 3.05) is 13.2 Å². The molecular weight excluding hydrogens is 242 g/mol. The number of ether oxygens (including phenoxy) is 2. The first-order chi connectivity index (χ1) is 8.92. The van der Waals surface area contributed by atoms with Gasteiger partial charge < -0.3 is 14.8 Å². The van der Waals surface area contributed by atoms with Crippen molar-refractivity contribution in [2.45, 2.75) is 51.4 Å². The molecule has 0 saturated carbocycles. The highest BCUT2D eigenvalue weighted by molar-refractivity contribution is 5.11. The summed E-state index contributed by atoms with van der Waals surface area (Å²) in [7, 11) is 1.88. The number of nitrogens with zero attached hydrogens (tertiary/aromatic N) is 2. The molecule has 2 unspecified atom stereocenters. The molecule has 2 heterocycles.